The third-order valence-corrected chi connectivity index (χ3v) is 3.73. The summed E-state index contributed by atoms with van der Waals surface area (Å²) in [6, 6.07) is 4.11. The summed E-state index contributed by atoms with van der Waals surface area (Å²) in [4.78, 5) is 5.70. The van der Waals surface area contributed by atoms with Gasteiger partial charge in [-0.3, -0.25) is 0 Å². The van der Waals surface area contributed by atoms with Gasteiger partial charge in [0.2, 0.25) is 0 Å². The summed E-state index contributed by atoms with van der Waals surface area (Å²) in [5.41, 5.74) is 6.32. The molecular weight excluding hydrogens is 228 g/mol. The fraction of sp³-hybridized carbons (Fsp3) is 0.300. The van der Waals surface area contributed by atoms with E-state index in [9.17, 15) is 0 Å². The highest BCUT2D eigenvalue weighted by molar-refractivity contribution is 7.20. The summed E-state index contributed by atoms with van der Waals surface area (Å²) >= 11 is 3.36. The van der Waals surface area contributed by atoms with Crippen molar-refractivity contribution in [3.63, 3.8) is 0 Å². The zero-order valence-electron chi connectivity index (χ0n) is 8.18. The SMILES string of the molecule is NCCOCc1csc(-c2cccs2)n1. The van der Waals surface area contributed by atoms with Crippen LogP contribution in [-0.4, -0.2) is 18.1 Å². The van der Waals surface area contributed by atoms with Crippen LogP contribution in [0.15, 0.2) is 22.9 Å². The Morgan fingerprint density at radius 1 is 1.40 bits per heavy atom. The molecule has 0 atom stereocenters. The molecule has 2 rings (SSSR count). The molecule has 15 heavy (non-hydrogen) atoms. The molecule has 2 heterocycles. The summed E-state index contributed by atoms with van der Waals surface area (Å²) in [5, 5.41) is 5.16. The highest BCUT2D eigenvalue weighted by Gasteiger charge is 2.04. The Labute approximate surface area is 96.5 Å². The lowest BCUT2D eigenvalue weighted by molar-refractivity contribution is 0.126. The van der Waals surface area contributed by atoms with E-state index in [-0.39, 0.29) is 0 Å². The van der Waals surface area contributed by atoms with Gasteiger partial charge >= 0.3 is 0 Å². The molecule has 0 radical (unpaired) electrons. The Morgan fingerprint density at radius 3 is 3.07 bits per heavy atom. The molecule has 0 aliphatic heterocycles. The van der Waals surface area contributed by atoms with Crippen LogP contribution in [0.3, 0.4) is 0 Å². The van der Waals surface area contributed by atoms with Crippen LogP contribution in [0, 0.1) is 0 Å². The van der Waals surface area contributed by atoms with Crippen molar-refractivity contribution in [2.75, 3.05) is 13.2 Å². The standard InChI is InChI=1S/C10H12N2OS2/c11-3-4-13-6-8-7-15-10(12-8)9-2-1-5-14-9/h1-2,5,7H,3-4,6,11H2. The Balaban J connectivity index is 1.98. The van der Waals surface area contributed by atoms with Crippen LogP contribution < -0.4 is 5.73 Å². The van der Waals surface area contributed by atoms with Gasteiger partial charge in [0.1, 0.15) is 5.01 Å². The minimum absolute atomic E-state index is 0.555. The van der Waals surface area contributed by atoms with E-state index >= 15 is 0 Å². The van der Waals surface area contributed by atoms with E-state index in [0.717, 1.165) is 10.7 Å². The first-order valence-electron chi connectivity index (χ1n) is 4.66. The maximum absolute atomic E-state index is 5.33. The summed E-state index contributed by atoms with van der Waals surface area (Å²) < 4.78 is 5.32. The quantitative estimate of drug-likeness (QED) is 0.816. The number of nitrogens with two attached hydrogens (primary N) is 1. The Bertz CT molecular complexity index is 397. The Morgan fingerprint density at radius 2 is 2.33 bits per heavy atom. The van der Waals surface area contributed by atoms with Gasteiger partial charge in [0.25, 0.3) is 0 Å². The molecule has 0 aliphatic rings. The molecule has 0 fully saturated rings. The van der Waals surface area contributed by atoms with Crippen LogP contribution in [0.1, 0.15) is 5.69 Å². The molecule has 5 heteroatoms. The van der Waals surface area contributed by atoms with Crippen molar-refractivity contribution in [1.29, 1.82) is 0 Å². The van der Waals surface area contributed by atoms with Gasteiger partial charge in [-0.1, -0.05) is 6.07 Å². The highest BCUT2D eigenvalue weighted by Crippen LogP contribution is 2.27. The normalized spacial score (nSPS) is 10.7. The molecular formula is C10H12N2OS2. The lowest BCUT2D eigenvalue weighted by Gasteiger charge is -1.97. The molecule has 2 aromatic heterocycles. The summed E-state index contributed by atoms with van der Waals surface area (Å²) in [6.45, 7) is 1.70. The maximum Gasteiger partial charge on any atom is 0.133 e. The molecule has 0 bridgehead atoms. The fourth-order valence-electron chi connectivity index (χ4n) is 1.15. The van der Waals surface area contributed by atoms with Gasteiger partial charge in [-0.05, 0) is 11.4 Å². The first-order valence-corrected chi connectivity index (χ1v) is 6.42. The molecule has 80 valence electrons. The molecule has 0 amide bonds. The van der Waals surface area contributed by atoms with Crippen LogP contribution >= 0.6 is 22.7 Å². The summed E-state index contributed by atoms with van der Waals surface area (Å²) in [7, 11) is 0. The van der Waals surface area contributed by atoms with Crippen molar-refractivity contribution < 1.29 is 4.74 Å². The summed E-state index contributed by atoms with van der Waals surface area (Å²) in [6.07, 6.45) is 0. The minimum Gasteiger partial charge on any atom is -0.374 e. The smallest absolute Gasteiger partial charge is 0.133 e. The maximum atomic E-state index is 5.33. The van der Waals surface area contributed by atoms with Crippen LogP contribution in [0.25, 0.3) is 9.88 Å². The van der Waals surface area contributed by atoms with E-state index in [1.807, 2.05) is 11.4 Å². The van der Waals surface area contributed by atoms with Crippen molar-refractivity contribution in [2.24, 2.45) is 5.73 Å². The lowest BCUT2D eigenvalue weighted by Crippen LogP contribution is -2.08. The second-order valence-corrected chi connectivity index (χ2v) is 4.77. The van der Waals surface area contributed by atoms with E-state index < -0.39 is 0 Å². The average molecular weight is 240 g/mol. The van der Waals surface area contributed by atoms with Gasteiger partial charge in [-0.15, -0.1) is 22.7 Å². The van der Waals surface area contributed by atoms with Crippen LogP contribution in [-0.2, 0) is 11.3 Å². The van der Waals surface area contributed by atoms with E-state index in [4.69, 9.17) is 10.5 Å². The number of aromatic nitrogens is 1. The van der Waals surface area contributed by atoms with Crippen molar-refractivity contribution in [1.82, 2.24) is 4.98 Å². The van der Waals surface area contributed by atoms with Crippen molar-refractivity contribution in [3.8, 4) is 9.88 Å². The molecule has 0 aromatic carbocycles. The van der Waals surface area contributed by atoms with Crippen molar-refractivity contribution >= 4 is 22.7 Å². The van der Waals surface area contributed by atoms with Crippen molar-refractivity contribution in [3.05, 3.63) is 28.6 Å². The van der Waals surface area contributed by atoms with Crippen LogP contribution in [0.4, 0.5) is 0 Å². The molecule has 0 unspecified atom stereocenters. The number of hydrogen-bond acceptors (Lipinski definition) is 5. The van der Waals surface area contributed by atoms with E-state index in [1.165, 1.54) is 4.88 Å². The summed E-state index contributed by atoms with van der Waals surface area (Å²) in [5.74, 6) is 0. The molecule has 0 spiro atoms. The Hall–Kier alpha value is -0.750. The fourth-order valence-corrected chi connectivity index (χ4v) is 2.77. The second kappa shape index (κ2) is 5.37. The monoisotopic (exact) mass is 240 g/mol. The van der Waals surface area contributed by atoms with Gasteiger partial charge in [0, 0.05) is 11.9 Å². The average Bonchev–Trinajstić information content (AvgIpc) is 2.87. The molecule has 3 nitrogen and oxygen atoms in total. The minimum atomic E-state index is 0.555. The molecule has 2 N–H and O–H groups in total. The van der Waals surface area contributed by atoms with Crippen LogP contribution in [0.2, 0.25) is 0 Å². The third-order valence-electron chi connectivity index (χ3n) is 1.80. The number of nitrogens with zero attached hydrogens (tertiary/aromatic N) is 1. The van der Waals surface area contributed by atoms with Gasteiger partial charge < -0.3 is 10.5 Å². The van der Waals surface area contributed by atoms with E-state index in [1.54, 1.807) is 22.7 Å². The van der Waals surface area contributed by atoms with E-state index in [0.29, 0.717) is 19.8 Å². The second-order valence-electron chi connectivity index (χ2n) is 2.96. The van der Waals surface area contributed by atoms with Gasteiger partial charge in [0.05, 0.1) is 23.8 Å². The first kappa shape index (κ1) is 10.8. The molecule has 0 saturated heterocycles. The number of rotatable bonds is 5. The van der Waals surface area contributed by atoms with Crippen LogP contribution in [0.5, 0.6) is 0 Å². The first-order chi connectivity index (χ1) is 7.40. The number of ether oxygens (including phenoxy) is 1. The van der Waals surface area contributed by atoms with Gasteiger partial charge in [0.15, 0.2) is 0 Å². The van der Waals surface area contributed by atoms with Crippen molar-refractivity contribution in [2.45, 2.75) is 6.61 Å². The topological polar surface area (TPSA) is 48.1 Å². The number of hydrogen-bond donors (Lipinski definition) is 1. The highest BCUT2D eigenvalue weighted by atomic mass is 32.1. The predicted molar refractivity (Wildman–Crippen MR) is 64.1 cm³/mol. The zero-order valence-corrected chi connectivity index (χ0v) is 9.81. The van der Waals surface area contributed by atoms with Gasteiger partial charge in [-0.2, -0.15) is 0 Å². The number of thiophene rings is 1. The lowest BCUT2D eigenvalue weighted by atomic mass is 10.5. The molecule has 2 aromatic rings. The Kier molecular flexibility index (Phi) is 3.85. The number of thiazole rings is 1. The zero-order chi connectivity index (χ0) is 10.5. The van der Waals surface area contributed by atoms with Gasteiger partial charge in [-0.25, -0.2) is 4.98 Å². The predicted octanol–water partition coefficient (Wildman–Crippen LogP) is 2.35. The molecule has 0 saturated carbocycles. The largest absolute Gasteiger partial charge is 0.374 e. The van der Waals surface area contributed by atoms with E-state index in [2.05, 4.69) is 16.4 Å². The third kappa shape index (κ3) is 2.85. The molecule has 0 aliphatic carbocycles.